The second-order valence-electron chi connectivity index (χ2n) is 5.29. The van der Waals surface area contributed by atoms with E-state index in [4.69, 9.17) is 0 Å². The van der Waals surface area contributed by atoms with Gasteiger partial charge in [0.15, 0.2) is 5.69 Å². The van der Waals surface area contributed by atoms with E-state index in [9.17, 15) is 9.18 Å². The molecule has 3 rings (SSSR count). The zero-order valence-electron chi connectivity index (χ0n) is 13.1. The second-order valence-corrected chi connectivity index (χ2v) is 6.23. The maximum atomic E-state index is 12.9. The van der Waals surface area contributed by atoms with E-state index in [1.807, 2.05) is 6.92 Å². The lowest BCUT2D eigenvalue weighted by Gasteiger charge is -2.02. The zero-order chi connectivity index (χ0) is 16.9. The molecule has 0 aliphatic carbocycles. The number of aromatic nitrogens is 4. The van der Waals surface area contributed by atoms with Crippen molar-refractivity contribution in [2.75, 3.05) is 6.54 Å². The topological polar surface area (TPSA) is 72.7 Å². The van der Waals surface area contributed by atoms with Crippen molar-refractivity contribution in [3.05, 3.63) is 63.6 Å². The lowest BCUT2D eigenvalue weighted by molar-refractivity contribution is 0.0949. The van der Waals surface area contributed by atoms with Gasteiger partial charge in [-0.05, 0) is 24.6 Å². The molecule has 1 amide bonds. The molecule has 0 radical (unpaired) electrons. The van der Waals surface area contributed by atoms with E-state index < -0.39 is 0 Å². The van der Waals surface area contributed by atoms with Crippen LogP contribution in [-0.4, -0.2) is 32.4 Å². The highest BCUT2D eigenvalue weighted by Gasteiger charge is 2.11. The molecule has 0 saturated heterocycles. The Morgan fingerprint density at radius 3 is 2.83 bits per heavy atom. The molecule has 24 heavy (non-hydrogen) atoms. The Morgan fingerprint density at radius 1 is 1.33 bits per heavy atom. The molecule has 2 heterocycles. The van der Waals surface area contributed by atoms with Gasteiger partial charge in [0, 0.05) is 17.8 Å². The van der Waals surface area contributed by atoms with Crippen molar-refractivity contribution < 1.29 is 9.18 Å². The van der Waals surface area contributed by atoms with Gasteiger partial charge in [0.05, 0.1) is 23.9 Å². The maximum absolute atomic E-state index is 12.9. The molecule has 0 aliphatic heterocycles. The number of hydrogen-bond acceptors (Lipinski definition) is 5. The first-order valence-electron chi connectivity index (χ1n) is 7.43. The first-order valence-corrected chi connectivity index (χ1v) is 8.31. The molecule has 0 saturated carbocycles. The van der Waals surface area contributed by atoms with E-state index in [1.165, 1.54) is 12.1 Å². The summed E-state index contributed by atoms with van der Waals surface area (Å²) in [6.07, 6.45) is 2.32. The summed E-state index contributed by atoms with van der Waals surface area (Å²) in [5, 5.41) is 10.6. The SMILES string of the molecule is Cc1ncsc1CCNC(=O)c1cn(Cc2ccc(F)cc2)nn1. The Balaban J connectivity index is 1.53. The van der Waals surface area contributed by atoms with E-state index in [0.717, 1.165) is 22.6 Å². The summed E-state index contributed by atoms with van der Waals surface area (Å²) in [5.74, 6) is -0.545. The number of carbonyl (C=O) groups excluding carboxylic acids is 1. The van der Waals surface area contributed by atoms with Crippen LogP contribution in [0.4, 0.5) is 4.39 Å². The molecule has 0 spiro atoms. The number of thiazole rings is 1. The summed E-state index contributed by atoms with van der Waals surface area (Å²) in [4.78, 5) is 17.4. The van der Waals surface area contributed by atoms with Crippen molar-refractivity contribution in [3.8, 4) is 0 Å². The van der Waals surface area contributed by atoms with Crippen molar-refractivity contribution in [2.45, 2.75) is 19.9 Å². The Labute approximate surface area is 142 Å². The van der Waals surface area contributed by atoms with Crippen molar-refractivity contribution in [1.29, 1.82) is 0 Å². The molecule has 8 heteroatoms. The van der Waals surface area contributed by atoms with Crippen molar-refractivity contribution in [3.63, 3.8) is 0 Å². The molecule has 0 aliphatic rings. The number of nitrogens with one attached hydrogen (secondary N) is 1. The van der Waals surface area contributed by atoms with Crippen molar-refractivity contribution >= 4 is 17.2 Å². The van der Waals surface area contributed by atoms with Crippen LogP contribution in [0, 0.1) is 12.7 Å². The molecule has 0 unspecified atom stereocenters. The van der Waals surface area contributed by atoms with Crippen LogP contribution >= 0.6 is 11.3 Å². The van der Waals surface area contributed by atoms with Crippen LogP contribution < -0.4 is 5.32 Å². The summed E-state index contributed by atoms with van der Waals surface area (Å²) in [5.41, 5.74) is 3.94. The summed E-state index contributed by atoms with van der Waals surface area (Å²) >= 11 is 1.58. The van der Waals surface area contributed by atoms with Gasteiger partial charge in [-0.25, -0.2) is 14.1 Å². The minimum atomic E-state index is -0.284. The van der Waals surface area contributed by atoms with Gasteiger partial charge in [-0.15, -0.1) is 16.4 Å². The standard InChI is InChI=1S/C16H16FN5OS/c1-11-15(24-10-19-11)6-7-18-16(23)14-9-22(21-20-14)8-12-2-4-13(17)5-3-12/h2-5,9-10H,6-8H2,1H3,(H,18,23). The Kier molecular flexibility index (Phi) is 4.95. The van der Waals surface area contributed by atoms with Gasteiger partial charge >= 0.3 is 0 Å². The van der Waals surface area contributed by atoms with Gasteiger partial charge in [-0.1, -0.05) is 17.3 Å². The highest BCUT2D eigenvalue weighted by Crippen LogP contribution is 2.12. The number of aryl methyl sites for hydroxylation is 1. The Bertz CT molecular complexity index is 827. The van der Waals surface area contributed by atoms with Crippen LogP contribution in [-0.2, 0) is 13.0 Å². The van der Waals surface area contributed by atoms with E-state index >= 15 is 0 Å². The lowest BCUT2D eigenvalue weighted by atomic mass is 10.2. The third kappa shape index (κ3) is 4.02. The van der Waals surface area contributed by atoms with Crippen LogP contribution in [0.5, 0.6) is 0 Å². The fourth-order valence-electron chi connectivity index (χ4n) is 2.20. The molecule has 6 nitrogen and oxygen atoms in total. The highest BCUT2D eigenvalue weighted by molar-refractivity contribution is 7.09. The van der Waals surface area contributed by atoms with Crippen LogP contribution in [0.15, 0.2) is 36.0 Å². The van der Waals surface area contributed by atoms with Crippen molar-refractivity contribution in [1.82, 2.24) is 25.3 Å². The normalized spacial score (nSPS) is 10.8. The van der Waals surface area contributed by atoms with Crippen molar-refractivity contribution in [2.24, 2.45) is 0 Å². The summed E-state index contributed by atoms with van der Waals surface area (Å²) in [6.45, 7) is 2.90. The molecule has 3 aromatic rings. The number of amides is 1. The van der Waals surface area contributed by atoms with Crippen LogP contribution in [0.2, 0.25) is 0 Å². The van der Waals surface area contributed by atoms with Gasteiger partial charge < -0.3 is 5.32 Å². The molecule has 0 fully saturated rings. The van der Waals surface area contributed by atoms with Crippen LogP contribution in [0.3, 0.4) is 0 Å². The van der Waals surface area contributed by atoms with Crippen LogP contribution in [0.25, 0.3) is 0 Å². The maximum Gasteiger partial charge on any atom is 0.273 e. The number of hydrogen-bond donors (Lipinski definition) is 1. The molecule has 1 N–H and O–H groups in total. The van der Waals surface area contributed by atoms with Gasteiger partial charge in [0.25, 0.3) is 5.91 Å². The largest absolute Gasteiger partial charge is 0.350 e. The smallest absolute Gasteiger partial charge is 0.273 e. The Morgan fingerprint density at radius 2 is 2.12 bits per heavy atom. The second kappa shape index (κ2) is 7.31. The minimum absolute atomic E-state index is 0.262. The van der Waals surface area contributed by atoms with Gasteiger partial charge in [0.2, 0.25) is 0 Å². The Hall–Kier alpha value is -2.61. The number of benzene rings is 1. The summed E-state index contributed by atoms with van der Waals surface area (Å²) in [6, 6.07) is 6.13. The van der Waals surface area contributed by atoms with Gasteiger partial charge in [-0.3, -0.25) is 4.79 Å². The summed E-state index contributed by atoms with van der Waals surface area (Å²) < 4.78 is 14.4. The van der Waals surface area contributed by atoms with E-state index in [0.29, 0.717) is 13.1 Å². The predicted octanol–water partition coefficient (Wildman–Crippen LogP) is 2.20. The molecular formula is C16H16FN5OS. The molecule has 0 bridgehead atoms. The molecule has 2 aromatic heterocycles. The quantitative estimate of drug-likeness (QED) is 0.743. The molecular weight excluding hydrogens is 329 g/mol. The minimum Gasteiger partial charge on any atom is -0.350 e. The van der Waals surface area contributed by atoms with Gasteiger partial charge in [-0.2, -0.15) is 0 Å². The van der Waals surface area contributed by atoms with Gasteiger partial charge in [0.1, 0.15) is 5.82 Å². The number of carbonyl (C=O) groups is 1. The molecule has 0 atom stereocenters. The van der Waals surface area contributed by atoms with E-state index in [-0.39, 0.29) is 17.4 Å². The van der Waals surface area contributed by atoms with E-state index in [1.54, 1.807) is 39.9 Å². The predicted molar refractivity (Wildman–Crippen MR) is 88.4 cm³/mol. The number of nitrogens with zero attached hydrogens (tertiary/aromatic N) is 4. The first kappa shape index (κ1) is 16.3. The highest BCUT2D eigenvalue weighted by atomic mass is 32.1. The fourth-order valence-corrected chi connectivity index (χ4v) is 2.98. The van der Waals surface area contributed by atoms with E-state index in [2.05, 4.69) is 20.6 Å². The average molecular weight is 345 g/mol. The number of halogens is 1. The third-order valence-electron chi connectivity index (χ3n) is 3.51. The monoisotopic (exact) mass is 345 g/mol. The number of rotatable bonds is 6. The van der Waals surface area contributed by atoms with Crippen LogP contribution in [0.1, 0.15) is 26.6 Å². The molecule has 1 aromatic carbocycles. The summed E-state index contributed by atoms with van der Waals surface area (Å²) in [7, 11) is 0. The molecule has 124 valence electrons. The first-order chi connectivity index (χ1) is 11.6. The fraction of sp³-hybridized carbons (Fsp3) is 0.250. The average Bonchev–Trinajstić information content (AvgIpc) is 3.19. The lowest BCUT2D eigenvalue weighted by Crippen LogP contribution is -2.26. The third-order valence-corrected chi connectivity index (χ3v) is 4.51. The zero-order valence-corrected chi connectivity index (χ0v) is 13.9.